The molecule has 0 aromatic carbocycles. The minimum atomic E-state index is -0.134. The number of rotatable bonds is 8. The van der Waals surface area contributed by atoms with Gasteiger partial charge in [0, 0.05) is 37.9 Å². The average molecular weight is 294 g/mol. The van der Waals surface area contributed by atoms with Crippen LogP contribution in [0.15, 0.2) is 6.20 Å². The highest BCUT2D eigenvalue weighted by molar-refractivity contribution is 5.15. The Morgan fingerprint density at radius 2 is 2.24 bits per heavy atom. The molecular formula is C16H30N4O. The summed E-state index contributed by atoms with van der Waals surface area (Å²) in [4.78, 5) is 2.31. The Bertz CT molecular complexity index is 430. The molecule has 120 valence electrons. The summed E-state index contributed by atoms with van der Waals surface area (Å²) in [6.07, 6.45) is 4.14. The monoisotopic (exact) mass is 294 g/mol. The van der Waals surface area contributed by atoms with Crippen molar-refractivity contribution < 1.29 is 5.11 Å². The van der Waals surface area contributed by atoms with Crippen LogP contribution in [0, 0.1) is 12.8 Å². The van der Waals surface area contributed by atoms with Gasteiger partial charge < -0.3 is 10.4 Å². The molecule has 2 N–H and O–H groups in total. The largest absolute Gasteiger partial charge is 0.392 e. The molecule has 0 unspecified atom stereocenters. The molecule has 1 aromatic heterocycles. The van der Waals surface area contributed by atoms with Gasteiger partial charge in [-0.05, 0) is 32.2 Å². The first-order valence-electron chi connectivity index (χ1n) is 8.18. The second-order valence-corrected chi connectivity index (χ2v) is 6.61. The second-order valence-electron chi connectivity index (χ2n) is 6.61. The van der Waals surface area contributed by atoms with Crippen molar-refractivity contribution in [1.82, 2.24) is 20.0 Å². The van der Waals surface area contributed by atoms with Gasteiger partial charge in [0.2, 0.25) is 0 Å². The fourth-order valence-electron chi connectivity index (χ4n) is 2.72. The van der Waals surface area contributed by atoms with E-state index in [-0.39, 0.29) is 6.10 Å². The molecule has 0 saturated carbocycles. The van der Waals surface area contributed by atoms with E-state index in [2.05, 4.69) is 42.3 Å². The van der Waals surface area contributed by atoms with Gasteiger partial charge >= 0.3 is 0 Å². The zero-order chi connectivity index (χ0) is 15.2. The number of aliphatic hydroxyl groups is 1. The van der Waals surface area contributed by atoms with Crippen molar-refractivity contribution in [2.45, 2.75) is 52.8 Å². The van der Waals surface area contributed by atoms with E-state index >= 15 is 0 Å². The lowest BCUT2D eigenvalue weighted by Gasteiger charge is -2.14. The highest BCUT2D eigenvalue weighted by Crippen LogP contribution is 2.10. The van der Waals surface area contributed by atoms with E-state index in [4.69, 9.17) is 0 Å². The Morgan fingerprint density at radius 1 is 1.43 bits per heavy atom. The van der Waals surface area contributed by atoms with E-state index in [9.17, 15) is 5.11 Å². The lowest BCUT2D eigenvalue weighted by Crippen LogP contribution is -2.26. The molecule has 21 heavy (non-hydrogen) atoms. The minimum absolute atomic E-state index is 0.134. The van der Waals surface area contributed by atoms with Crippen molar-refractivity contribution in [2.75, 3.05) is 26.2 Å². The Hall–Kier alpha value is -0.910. The van der Waals surface area contributed by atoms with E-state index in [0.29, 0.717) is 0 Å². The Labute approximate surface area is 128 Å². The Balaban J connectivity index is 1.73. The highest BCUT2D eigenvalue weighted by Gasteiger charge is 2.19. The number of hydrogen-bond donors (Lipinski definition) is 2. The van der Waals surface area contributed by atoms with E-state index < -0.39 is 0 Å². The number of hydrogen-bond acceptors (Lipinski definition) is 4. The molecule has 0 bridgehead atoms. The first kappa shape index (κ1) is 16.5. The highest BCUT2D eigenvalue weighted by atomic mass is 16.3. The van der Waals surface area contributed by atoms with Crippen LogP contribution in [0.1, 0.15) is 37.9 Å². The maximum Gasteiger partial charge on any atom is 0.0679 e. The summed E-state index contributed by atoms with van der Waals surface area (Å²) in [6.45, 7) is 12.2. The summed E-state index contributed by atoms with van der Waals surface area (Å²) in [5.74, 6) is 0.747. The standard InChI is InChI=1S/C16H30N4O/c1-13(2)4-6-17-10-15-11-20(18-14(15)3)9-8-19-7-5-16(21)12-19/h11,13,16-17,21H,4-10,12H2,1-3H3/t16-/m0/s1. The quantitative estimate of drug-likeness (QED) is 0.712. The third-order valence-corrected chi connectivity index (χ3v) is 4.15. The lowest BCUT2D eigenvalue weighted by atomic mass is 10.1. The van der Waals surface area contributed by atoms with Crippen LogP contribution >= 0.6 is 0 Å². The van der Waals surface area contributed by atoms with Crippen LogP contribution in [-0.2, 0) is 13.1 Å². The van der Waals surface area contributed by atoms with E-state index in [1.54, 1.807) is 0 Å². The summed E-state index contributed by atoms with van der Waals surface area (Å²) in [5, 5.41) is 17.6. The molecule has 5 nitrogen and oxygen atoms in total. The smallest absolute Gasteiger partial charge is 0.0679 e. The van der Waals surface area contributed by atoms with E-state index in [0.717, 1.165) is 57.3 Å². The van der Waals surface area contributed by atoms with Crippen LogP contribution < -0.4 is 5.32 Å². The summed E-state index contributed by atoms with van der Waals surface area (Å²) in [7, 11) is 0. The van der Waals surface area contributed by atoms with Gasteiger partial charge in [-0.3, -0.25) is 9.58 Å². The molecule has 5 heteroatoms. The van der Waals surface area contributed by atoms with Crippen molar-refractivity contribution in [3.05, 3.63) is 17.5 Å². The molecule has 1 aromatic rings. The number of likely N-dealkylation sites (tertiary alicyclic amines) is 1. The molecule has 0 aliphatic carbocycles. The van der Waals surface area contributed by atoms with Crippen LogP contribution in [0.5, 0.6) is 0 Å². The average Bonchev–Trinajstić information content (AvgIpc) is 2.99. The van der Waals surface area contributed by atoms with Gasteiger partial charge in [0.05, 0.1) is 18.3 Å². The normalized spacial score (nSPS) is 19.8. The van der Waals surface area contributed by atoms with Gasteiger partial charge in [0.15, 0.2) is 0 Å². The molecule has 2 rings (SSSR count). The maximum absolute atomic E-state index is 9.53. The van der Waals surface area contributed by atoms with Gasteiger partial charge in [0.1, 0.15) is 0 Å². The molecule has 1 aliphatic heterocycles. The Morgan fingerprint density at radius 3 is 2.90 bits per heavy atom. The van der Waals surface area contributed by atoms with Crippen LogP contribution in [-0.4, -0.2) is 52.1 Å². The van der Waals surface area contributed by atoms with Crippen LogP contribution in [0.3, 0.4) is 0 Å². The topological polar surface area (TPSA) is 53.3 Å². The van der Waals surface area contributed by atoms with Gasteiger partial charge in [-0.2, -0.15) is 5.10 Å². The van der Waals surface area contributed by atoms with Crippen molar-refractivity contribution in [3.63, 3.8) is 0 Å². The van der Waals surface area contributed by atoms with Crippen molar-refractivity contribution in [1.29, 1.82) is 0 Å². The molecule has 0 radical (unpaired) electrons. The molecule has 1 saturated heterocycles. The van der Waals surface area contributed by atoms with Gasteiger partial charge in [-0.15, -0.1) is 0 Å². The predicted molar refractivity (Wildman–Crippen MR) is 85.2 cm³/mol. The number of aliphatic hydroxyl groups excluding tert-OH is 1. The molecule has 2 heterocycles. The number of aryl methyl sites for hydroxylation is 1. The van der Waals surface area contributed by atoms with Crippen molar-refractivity contribution in [3.8, 4) is 0 Å². The molecular weight excluding hydrogens is 264 g/mol. The molecule has 1 atom stereocenters. The summed E-state index contributed by atoms with van der Waals surface area (Å²) in [6, 6.07) is 0. The van der Waals surface area contributed by atoms with Gasteiger partial charge in [0.25, 0.3) is 0 Å². The molecule has 1 aliphatic rings. The zero-order valence-corrected chi connectivity index (χ0v) is 13.7. The third kappa shape index (κ3) is 5.41. The SMILES string of the molecule is Cc1nn(CCN2CC[C@H](O)C2)cc1CNCCC(C)C. The number of aromatic nitrogens is 2. The fraction of sp³-hybridized carbons (Fsp3) is 0.812. The van der Waals surface area contributed by atoms with Crippen molar-refractivity contribution >= 4 is 0 Å². The number of nitrogens with zero attached hydrogens (tertiary/aromatic N) is 3. The van der Waals surface area contributed by atoms with Gasteiger partial charge in [-0.1, -0.05) is 13.8 Å². The van der Waals surface area contributed by atoms with Crippen LogP contribution in [0.25, 0.3) is 0 Å². The summed E-state index contributed by atoms with van der Waals surface area (Å²) < 4.78 is 2.04. The first-order valence-corrected chi connectivity index (χ1v) is 8.18. The van der Waals surface area contributed by atoms with Gasteiger partial charge in [-0.25, -0.2) is 0 Å². The molecule has 1 fully saturated rings. The Kier molecular flexibility index (Phi) is 6.21. The third-order valence-electron chi connectivity index (χ3n) is 4.15. The number of nitrogens with one attached hydrogen (secondary N) is 1. The van der Waals surface area contributed by atoms with E-state index in [1.807, 2.05) is 4.68 Å². The van der Waals surface area contributed by atoms with Crippen molar-refractivity contribution in [2.24, 2.45) is 5.92 Å². The zero-order valence-electron chi connectivity index (χ0n) is 13.7. The predicted octanol–water partition coefficient (Wildman–Crippen LogP) is 1.39. The summed E-state index contributed by atoms with van der Waals surface area (Å²) in [5.41, 5.74) is 2.41. The first-order chi connectivity index (χ1) is 10.0. The number of β-amino-alcohol motifs (C(OH)–C–C–N with tert-alkyl or cyclic N) is 1. The lowest BCUT2D eigenvalue weighted by molar-refractivity contribution is 0.174. The summed E-state index contributed by atoms with van der Waals surface area (Å²) >= 11 is 0. The molecule has 0 amide bonds. The maximum atomic E-state index is 9.53. The van der Waals surface area contributed by atoms with Crippen LogP contribution in [0.4, 0.5) is 0 Å². The minimum Gasteiger partial charge on any atom is -0.392 e. The second kappa shape index (κ2) is 7.92. The fourth-order valence-corrected chi connectivity index (χ4v) is 2.72. The van der Waals surface area contributed by atoms with Crippen LogP contribution in [0.2, 0.25) is 0 Å². The van der Waals surface area contributed by atoms with E-state index in [1.165, 1.54) is 12.0 Å². The molecule has 0 spiro atoms.